The van der Waals surface area contributed by atoms with Crippen LogP contribution in [-0.4, -0.2) is 54.4 Å². The van der Waals surface area contributed by atoms with Crippen LogP contribution >= 0.6 is 22.7 Å². The van der Waals surface area contributed by atoms with E-state index < -0.39 is 0 Å². The average Bonchev–Trinajstić information content (AvgIpc) is 1.57. The van der Waals surface area contributed by atoms with Gasteiger partial charge in [-0.1, -0.05) is 164 Å². The zero-order valence-corrected chi connectivity index (χ0v) is 55.6. The van der Waals surface area contributed by atoms with Crippen molar-refractivity contribution in [3.63, 3.8) is 0 Å². The number of hydrogen-bond acceptors (Lipinski definition) is 12. The van der Waals surface area contributed by atoms with E-state index in [0.717, 1.165) is 161 Å². The van der Waals surface area contributed by atoms with Crippen LogP contribution in [0.2, 0.25) is 0 Å². The molecular weight excluding hydrogens is 1280 g/mol. The molecule has 474 valence electrons. The number of rotatable bonds is 12. The topological polar surface area (TPSA) is 134 Å². The fourth-order valence-electron chi connectivity index (χ4n) is 13.5. The molecule has 0 bridgehead atoms. The Morgan fingerprint density at radius 1 is 0.267 bits per heavy atom. The maximum atomic E-state index is 5.33. The van der Waals surface area contributed by atoms with Crippen LogP contribution in [0.1, 0.15) is 0 Å². The molecule has 0 aliphatic rings. The van der Waals surface area contributed by atoms with E-state index in [1.165, 1.54) is 19.8 Å². The van der Waals surface area contributed by atoms with E-state index in [1.807, 2.05) is 128 Å². The summed E-state index contributed by atoms with van der Waals surface area (Å²) >= 11 is 3.60. The third-order valence-electron chi connectivity index (χ3n) is 18.2. The van der Waals surface area contributed by atoms with Crippen LogP contribution in [0.25, 0.3) is 181 Å². The van der Waals surface area contributed by atoms with Gasteiger partial charge in [-0.25, -0.2) is 19.9 Å². The molecule has 0 saturated heterocycles. The summed E-state index contributed by atoms with van der Waals surface area (Å²) in [5.74, 6) is 0.924. The second kappa shape index (κ2) is 26.3. The molecule has 0 spiro atoms. The van der Waals surface area contributed by atoms with Gasteiger partial charge in [0.25, 0.3) is 0 Å². The minimum absolute atomic E-state index is 0.794. The molecule has 11 nitrogen and oxygen atoms in total. The SMILES string of the molecule is c1ccc(-c2cc(-c3ccc(-c4nc5ccccc5c5sc(-c6cccnc6)c(-c6cccnc6)c45)cc3)cc(-c3ccccn3)n2)nc1.c1ccc(-n2c(-c3ccc(-c4ccc(-c5nc6ccccc6c6sc(-c7ccncc7)c(-c7ccncc7)c56)cc4)cc3)nc3ccccc32)cc1. The minimum atomic E-state index is 0.794. The summed E-state index contributed by atoms with van der Waals surface area (Å²) in [5.41, 5.74) is 24.4. The molecule has 0 aliphatic carbocycles. The molecule has 7 aromatic carbocycles. The molecule has 0 atom stereocenters. The monoisotopic (exact) mass is 1330 g/mol. The van der Waals surface area contributed by atoms with Crippen LogP contribution in [0.3, 0.4) is 0 Å². The van der Waals surface area contributed by atoms with Gasteiger partial charge in [-0.3, -0.25) is 34.5 Å². The summed E-state index contributed by atoms with van der Waals surface area (Å²) in [6.07, 6.45) is 18.5. The molecular formula is C88H55N11S2. The first-order valence-corrected chi connectivity index (χ1v) is 34.8. The van der Waals surface area contributed by atoms with Crippen LogP contribution in [0.15, 0.2) is 335 Å². The number of aromatic nitrogens is 11. The van der Waals surface area contributed by atoms with Crippen molar-refractivity contribution in [2.45, 2.75) is 0 Å². The quantitative estimate of drug-likeness (QED) is 0.116. The molecule has 0 fully saturated rings. The van der Waals surface area contributed by atoms with Gasteiger partial charge in [0.05, 0.1) is 56.2 Å². The summed E-state index contributed by atoms with van der Waals surface area (Å²) in [6, 6.07) is 94.3. The Hall–Kier alpha value is -13.2. The van der Waals surface area contributed by atoms with Crippen molar-refractivity contribution < 1.29 is 0 Å². The second-order valence-electron chi connectivity index (χ2n) is 24.3. The number of para-hydroxylation sites is 5. The normalized spacial score (nSPS) is 11.4. The van der Waals surface area contributed by atoms with Gasteiger partial charge in [-0.2, -0.15) is 0 Å². The highest BCUT2D eigenvalue weighted by Gasteiger charge is 2.26. The molecule has 0 aliphatic heterocycles. The standard InChI is InChI=1S/C46H29N5S.C42H26N6S/c1-2-8-36(9-3-1)51-40-13-7-6-12-39(40)50-46(51)35-20-16-31(17-21-35)30-14-18-33(19-15-30)43-42-41(32-22-26-47-27-23-32)44(34-24-28-48-29-25-34)52-45(42)37-10-4-5-11-38(37)49-43;1-2-12-33-32(11-1)42-39(38(29-9-7-19-43-25-29)41(49-42)30-10-8-20-44-26-30)40(48-33)28-17-15-27(16-18-28)31-23-36(34-13-3-5-21-45-34)47-37(24-31)35-14-4-6-22-46-35/h1-29H;1-26H. The molecule has 0 N–H and O–H groups in total. The predicted molar refractivity (Wildman–Crippen MR) is 413 cm³/mol. The predicted octanol–water partition coefficient (Wildman–Crippen LogP) is 22.3. The molecule has 12 heterocycles. The summed E-state index contributed by atoms with van der Waals surface area (Å²) in [5, 5.41) is 4.55. The van der Waals surface area contributed by atoms with Gasteiger partial charge in [0.2, 0.25) is 0 Å². The van der Waals surface area contributed by atoms with Crippen molar-refractivity contribution in [1.82, 2.24) is 54.4 Å². The number of pyridine rings is 9. The number of thiophene rings is 2. The van der Waals surface area contributed by atoms with Gasteiger partial charge < -0.3 is 0 Å². The average molecular weight is 1330 g/mol. The zero-order chi connectivity index (χ0) is 67.0. The Balaban J connectivity index is 0.000000145. The summed E-state index contributed by atoms with van der Waals surface area (Å²) < 4.78 is 4.65. The lowest BCUT2D eigenvalue weighted by Crippen LogP contribution is -1.97. The van der Waals surface area contributed by atoms with Crippen LogP contribution in [0.5, 0.6) is 0 Å². The fraction of sp³-hybridized carbons (Fsp3) is 0. The van der Waals surface area contributed by atoms with Crippen molar-refractivity contribution in [1.29, 1.82) is 0 Å². The molecule has 0 amide bonds. The highest BCUT2D eigenvalue weighted by atomic mass is 32.1. The molecule has 19 rings (SSSR count). The van der Waals surface area contributed by atoms with Crippen molar-refractivity contribution in [3.05, 3.63) is 335 Å². The first-order chi connectivity index (χ1) is 50.1. The largest absolute Gasteiger partial charge is 0.292 e. The lowest BCUT2D eigenvalue weighted by Gasteiger charge is -2.12. The number of nitrogens with zero attached hydrogens (tertiary/aromatic N) is 11. The maximum absolute atomic E-state index is 5.33. The molecule has 0 saturated carbocycles. The second-order valence-corrected chi connectivity index (χ2v) is 26.4. The van der Waals surface area contributed by atoms with Gasteiger partial charge >= 0.3 is 0 Å². The Bertz CT molecular complexity index is 6140. The zero-order valence-electron chi connectivity index (χ0n) is 54.0. The maximum Gasteiger partial charge on any atom is 0.145 e. The Morgan fingerprint density at radius 3 is 1.26 bits per heavy atom. The highest BCUT2D eigenvalue weighted by molar-refractivity contribution is 7.24. The molecule has 0 radical (unpaired) electrons. The Morgan fingerprint density at radius 2 is 0.723 bits per heavy atom. The lowest BCUT2D eigenvalue weighted by molar-refractivity contribution is 1.10. The van der Waals surface area contributed by atoms with Crippen molar-refractivity contribution in [2.24, 2.45) is 0 Å². The van der Waals surface area contributed by atoms with E-state index in [1.54, 1.807) is 23.7 Å². The van der Waals surface area contributed by atoms with E-state index in [-0.39, 0.29) is 0 Å². The number of imidazole rings is 1. The smallest absolute Gasteiger partial charge is 0.145 e. The van der Waals surface area contributed by atoms with Crippen LogP contribution in [0.4, 0.5) is 0 Å². The molecule has 101 heavy (non-hydrogen) atoms. The van der Waals surface area contributed by atoms with Gasteiger partial charge in [0.15, 0.2) is 0 Å². The summed E-state index contributed by atoms with van der Waals surface area (Å²) in [4.78, 5) is 49.8. The number of hydrogen-bond donors (Lipinski definition) is 0. The van der Waals surface area contributed by atoms with Gasteiger partial charge in [0.1, 0.15) is 5.82 Å². The van der Waals surface area contributed by atoms with E-state index in [0.29, 0.717) is 0 Å². The first kappa shape index (κ1) is 60.2. The van der Waals surface area contributed by atoms with E-state index in [9.17, 15) is 0 Å². The van der Waals surface area contributed by atoms with Crippen molar-refractivity contribution in [3.8, 4) is 128 Å². The third kappa shape index (κ3) is 11.4. The molecule has 0 unspecified atom stereocenters. The Kier molecular flexibility index (Phi) is 15.7. The van der Waals surface area contributed by atoms with E-state index in [2.05, 4.69) is 241 Å². The fourth-order valence-corrected chi connectivity index (χ4v) is 16.2. The highest BCUT2D eigenvalue weighted by Crippen LogP contribution is 2.52. The first-order valence-electron chi connectivity index (χ1n) is 33.1. The van der Waals surface area contributed by atoms with Crippen LogP contribution in [0, 0.1) is 0 Å². The van der Waals surface area contributed by atoms with Crippen LogP contribution in [-0.2, 0) is 0 Å². The summed E-state index contributed by atoms with van der Waals surface area (Å²) in [6.45, 7) is 0. The van der Waals surface area contributed by atoms with Crippen molar-refractivity contribution >= 4 is 75.7 Å². The third-order valence-corrected chi connectivity index (χ3v) is 20.8. The number of benzene rings is 7. The van der Waals surface area contributed by atoms with Gasteiger partial charge in [-0.15, -0.1) is 22.7 Å². The van der Waals surface area contributed by atoms with Gasteiger partial charge in [0, 0.05) is 147 Å². The molecule has 12 aromatic heterocycles. The molecule has 13 heteroatoms. The summed E-state index contributed by atoms with van der Waals surface area (Å²) in [7, 11) is 0. The minimum Gasteiger partial charge on any atom is -0.292 e. The van der Waals surface area contributed by atoms with Gasteiger partial charge in [-0.05, 0) is 143 Å². The van der Waals surface area contributed by atoms with E-state index >= 15 is 0 Å². The number of fused-ring (bicyclic) bond motifs is 7. The lowest BCUT2D eigenvalue weighted by atomic mass is 9.95. The molecule has 19 aromatic rings. The van der Waals surface area contributed by atoms with Crippen molar-refractivity contribution in [2.75, 3.05) is 0 Å². The van der Waals surface area contributed by atoms with Crippen LogP contribution < -0.4 is 0 Å². The Labute approximate surface area is 588 Å². The van der Waals surface area contributed by atoms with E-state index in [4.69, 9.17) is 19.9 Å².